The van der Waals surface area contributed by atoms with Crippen LogP contribution in [0, 0.1) is 0 Å². The van der Waals surface area contributed by atoms with Crippen molar-refractivity contribution in [2.75, 3.05) is 6.61 Å². The van der Waals surface area contributed by atoms with Crippen LogP contribution in [0.5, 0.6) is 5.75 Å². The molecule has 1 aromatic carbocycles. The van der Waals surface area contributed by atoms with Crippen molar-refractivity contribution in [3.05, 3.63) is 42.0 Å². The smallest absolute Gasteiger partial charge is 0.138 e. The van der Waals surface area contributed by atoms with Crippen LogP contribution in [0.4, 0.5) is 0 Å². The molecule has 1 aromatic heterocycles. The van der Waals surface area contributed by atoms with Gasteiger partial charge in [0.05, 0.1) is 13.2 Å². The Bertz CT molecular complexity index is 439. The van der Waals surface area contributed by atoms with Crippen LogP contribution in [0.15, 0.2) is 30.6 Å². The Morgan fingerprint density at radius 3 is 2.72 bits per heavy atom. The third-order valence-corrected chi connectivity index (χ3v) is 2.48. The third kappa shape index (κ3) is 3.85. The number of aromatic nitrogens is 3. The Kier molecular flexibility index (Phi) is 4.72. The van der Waals surface area contributed by atoms with Crippen molar-refractivity contribution >= 4 is 0 Å². The maximum atomic E-state index is 5.53. The van der Waals surface area contributed by atoms with E-state index in [9.17, 15) is 0 Å². The summed E-state index contributed by atoms with van der Waals surface area (Å²) in [6, 6.07) is 8.14. The van der Waals surface area contributed by atoms with E-state index in [1.54, 1.807) is 0 Å². The van der Waals surface area contributed by atoms with Crippen LogP contribution < -0.4 is 10.1 Å². The fourth-order valence-corrected chi connectivity index (χ4v) is 1.56. The molecule has 1 heterocycles. The summed E-state index contributed by atoms with van der Waals surface area (Å²) < 4.78 is 5.53. The lowest BCUT2D eigenvalue weighted by atomic mass is 10.2. The fraction of sp³-hybridized carbons (Fsp3) is 0.385. The van der Waals surface area contributed by atoms with Gasteiger partial charge < -0.3 is 10.1 Å². The summed E-state index contributed by atoms with van der Waals surface area (Å²) in [4.78, 5) is 4.05. The minimum atomic E-state index is 0.689. The van der Waals surface area contributed by atoms with Gasteiger partial charge in [-0.05, 0) is 24.1 Å². The number of rotatable bonds is 7. The first kappa shape index (κ1) is 12.6. The van der Waals surface area contributed by atoms with Crippen LogP contribution in [0.25, 0.3) is 0 Å². The molecular formula is C13H18N4O. The quantitative estimate of drug-likeness (QED) is 0.783. The Morgan fingerprint density at radius 2 is 2.06 bits per heavy atom. The van der Waals surface area contributed by atoms with Crippen LogP contribution in [-0.4, -0.2) is 21.8 Å². The molecule has 5 heteroatoms. The van der Waals surface area contributed by atoms with Crippen LogP contribution in [-0.2, 0) is 13.1 Å². The highest BCUT2D eigenvalue weighted by Crippen LogP contribution is 2.12. The van der Waals surface area contributed by atoms with Crippen LogP contribution in [0.1, 0.15) is 24.7 Å². The molecule has 0 bridgehead atoms. The van der Waals surface area contributed by atoms with E-state index in [2.05, 4.69) is 39.6 Å². The van der Waals surface area contributed by atoms with Gasteiger partial charge in [0.15, 0.2) is 0 Å². The zero-order valence-electron chi connectivity index (χ0n) is 10.5. The van der Waals surface area contributed by atoms with Crippen molar-refractivity contribution in [3.63, 3.8) is 0 Å². The Hall–Kier alpha value is -1.88. The van der Waals surface area contributed by atoms with Gasteiger partial charge in [-0.2, -0.15) is 5.10 Å². The van der Waals surface area contributed by atoms with Gasteiger partial charge in [0.25, 0.3) is 0 Å². The minimum Gasteiger partial charge on any atom is -0.494 e. The van der Waals surface area contributed by atoms with Gasteiger partial charge in [-0.1, -0.05) is 19.1 Å². The van der Waals surface area contributed by atoms with Gasteiger partial charge in [0, 0.05) is 6.54 Å². The Morgan fingerprint density at radius 1 is 1.22 bits per heavy atom. The Labute approximate surface area is 107 Å². The lowest BCUT2D eigenvalue weighted by Crippen LogP contribution is -2.13. The molecular weight excluding hydrogens is 228 g/mol. The van der Waals surface area contributed by atoms with E-state index in [1.165, 1.54) is 11.9 Å². The minimum absolute atomic E-state index is 0.689. The molecule has 0 amide bonds. The summed E-state index contributed by atoms with van der Waals surface area (Å²) in [6.45, 7) is 4.35. The first-order valence-corrected chi connectivity index (χ1v) is 6.15. The number of hydrogen-bond donors (Lipinski definition) is 2. The van der Waals surface area contributed by atoms with E-state index in [0.29, 0.717) is 6.54 Å². The maximum absolute atomic E-state index is 5.53. The second kappa shape index (κ2) is 6.76. The predicted molar refractivity (Wildman–Crippen MR) is 69.2 cm³/mol. The molecule has 96 valence electrons. The number of benzene rings is 1. The highest BCUT2D eigenvalue weighted by molar-refractivity contribution is 5.27. The molecule has 0 saturated carbocycles. The zero-order chi connectivity index (χ0) is 12.6. The molecule has 0 aliphatic rings. The monoisotopic (exact) mass is 246 g/mol. The molecule has 2 aromatic rings. The molecule has 0 aliphatic heterocycles. The number of hydrogen-bond acceptors (Lipinski definition) is 4. The van der Waals surface area contributed by atoms with E-state index in [1.807, 2.05) is 12.1 Å². The van der Waals surface area contributed by atoms with Gasteiger partial charge in [-0.25, -0.2) is 4.98 Å². The van der Waals surface area contributed by atoms with Gasteiger partial charge >= 0.3 is 0 Å². The van der Waals surface area contributed by atoms with E-state index in [4.69, 9.17) is 4.74 Å². The first-order chi connectivity index (χ1) is 8.88. The first-order valence-electron chi connectivity index (χ1n) is 6.15. The number of nitrogens with zero attached hydrogens (tertiary/aromatic N) is 2. The fourth-order valence-electron chi connectivity index (χ4n) is 1.56. The van der Waals surface area contributed by atoms with E-state index in [0.717, 1.165) is 31.1 Å². The van der Waals surface area contributed by atoms with Crippen LogP contribution in [0.2, 0.25) is 0 Å². The lowest BCUT2D eigenvalue weighted by Gasteiger charge is -2.06. The zero-order valence-corrected chi connectivity index (χ0v) is 10.5. The molecule has 0 saturated heterocycles. The van der Waals surface area contributed by atoms with Gasteiger partial charge in [0.2, 0.25) is 0 Å². The average molecular weight is 246 g/mol. The lowest BCUT2D eigenvalue weighted by molar-refractivity contribution is 0.317. The summed E-state index contributed by atoms with van der Waals surface area (Å²) in [5.41, 5.74) is 1.22. The van der Waals surface area contributed by atoms with Crippen LogP contribution in [0.3, 0.4) is 0 Å². The largest absolute Gasteiger partial charge is 0.494 e. The van der Waals surface area contributed by atoms with Crippen molar-refractivity contribution < 1.29 is 4.74 Å². The van der Waals surface area contributed by atoms with Crippen molar-refractivity contribution in [1.29, 1.82) is 0 Å². The predicted octanol–water partition coefficient (Wildman–Crippen LogP) is 1.88. The molecule has 18 heavy (non-hydrogen) atoms. The van der Waals surface area contributed by atoms with Crippen LogP contribution >= 0.6 is 0 Å². The summed E-state index contributed by atoms with van der Waals surface area (Å²) >= 11 is 0. The standard InChI is InChI=1S/C13H18N4O/c1-2-7-18-12-5-3-11(4-6-12)8-14-9-13-15-10-16-17-13/h3-6,10,14H,2,7-9H2,1H3,(H,15,16,17). The van der Waals surface area contributed by atoms with Crippen molar-refractivity contribution in [1.82, 2.24) is 20.5 Å². The molecule has 2 N–H and O–H groups in total. The van der Waals surface area contributed by atoms with E-state index >= 15 is 0 Å². The normalized spacial score (nSPS) is 10.5. The van der Waals surface area contributed by atoms with Crippen molar-refractivity contribution in [3.8, 4) is 5.75 Å². The Balaban J connectivity index is 1.75. The molecule has 0 spiro atoms. The summed E-state index contributed by atoms with van der Waals surface area (Å²) in [6.07, 6.45) is 2.54. The molecule has 0 atom stereocenters. The summed E-state index contributed by atoms with van der Waals surface area (Å²) in [5.74, 6) is 1.77. The highest BCUT2D eigenvalue weighted by atomic mass is 16.5. The second-order valence-corrected chi connectivity index (χ2v) is 4.03. The van der Waals surface area contributed by atoms with E-state index in [-0.39, 0.29) is 0 Å². The molecule has 0 unspecified atom stereocenters. The number of aromatic amines is 1. The maximum Gasteiger partial charge on any atom is 0.138 e. The number of nitrogens with one attached hydrogen (secondary N) is 2. The average Bonchev–Trinajstić information content (AvgIpc) is 2.91. The van der Waals surface area contributed by atoms with Gasteiger partial charge in [-0.3, -0.25) is 5.10 Å². The summed E-state index contributed by atoms with van der Waals surface area (Å²) in [5, 5.41) is 9.90. The molecule has 0 fully saturated rings. The summed E-state index contributed by atoms with van der Waals surface area (Å²) in [7, 11) is 0. The number of ether oxygens (including phenoxy) is 1. The molecule has 2 rings (SSSR count). The second-order valence-electron chi connectivity index (χ2n) is 4.03. The van der Waals surface area contributed by atoms with E-state index < -0.39 is 0 Å². The number of H-pyrrole nitrogens is 1. The topological polar surface area (TPSA) is 62.8 Å². The molecule has 0 radical (unpaired) electrons. The molecule has 5 nitrogen and oxygen atoms in total. The third-order valence-electron chi connectivity index (χ3n) is 2.48. The van der Waals surface area contributed by atoms with Crippen molar-refractivity contribution in [2.45, 2.75) is 26.4 Å². The SMILES string of the molecule is CCCOc1ccc(CNCc2ncn[nH]2)cc1. The highest BCUT2D eigenvalue weighted by Gasteiger charge is 1.97. The van der Waals surface area contributed by atoms with Gasteiger partial charge in [0.1, 0.15) is 17.9 Å². The van der Waals surface area contributed by atoms with Crippen molar-refractivity contribution in [2.24, 2.45) is 0 Å². The van der Waals surface area contributed by atoms with Gasteiger partial charge in [-0.15, -0.1) is 0 Å². The molecule has 0 aliphatic carbocycles.